The lowest BCUT2D eigenvalue weighted by molar-refractivity contribution is 0.797. The van der Waals surface area contributed by atoms with E-state index >= 15 is 0 Å². The largest absolute Gasteiger partial charge is 0.0950 e. The third-order valence-electron chi connectivity index (χ3n) is 1.85. The summed E-state index contributed by atoms with van der Waals surface area (Å²) in [6, 6.07) is 10.2. The van der Waals surface area contributed by atoms with Crippen LogP contribution in [0.1, 0.15) is 5.56 Å². The van der Waals surface area contributed by atoms with Crippen molar-refractivity contribution in [2.75, 3.05) is 0 Å². The number of halogens is 5. The highest BCUT2D eigenvalue weighted by molar-refractivity contribution is 9.27. The Kier molecular flexibility index (Phi) is 5.67. The Morgan fingerprint density at radius 3 is 1.64 bits per heavy atom. The Balaban J connectivity index is 3.13. The van der Waals surface area contributed by atoms with Gasteiger partial charge in [0.2, 0.25) is 0 Å². The van der Waals surface area contributed by atoms with Gasteiger partial charge in [0.1, 0.15) is 0 Å². The van der Waals surface area contributed by atoms with Crippen LogP contribution in [0.25, 0.3) is 0 Å². The fourth-order valence-corrected chi connectivity index (χ4v) is 4.84. The fraction of sp³-hybridized carbons (Fsp3) is 0.333. The predicted octanol–water partition coefficient (Wildman–Crippen LogP) is 5.51. The molecule has 0 saturated carbocycles. The van der Waals surface area contributed by atoms with E-state index in [0.29, 0.717) is 0 Å². The summed E-state index contributed by atoms with van der Waals surface area (Å²) < 4.78 is 0.0103. The van der Waals surface area contributed by atoms with Crippen LogP contribution in [-0.4, -0.2) is 7.47 Å². The summed E-state index contributed by atoms with van der Waals surface area (Å²) >= 11 is 17.9. The van der Waals surface area contributed by atoms with E-state index in [2.05, 4.69) is 91.8 Å². The number of alkyl halides is 5. The van der Waals surface area contributed by atoms with Crippen LogP contribution in [0.4, 0.5) is 0 Å². The van der Waals surface area contributed by atoms with E-state index in [1.54, 1.807) is 0 Å². The first-order valence-corrected chi connectivity index (χ1v) is 8.26. The molecule has 0 amide bonds. The highest BCUT2D eigenvalue weighted by atomic mass is 79.9. The van der Waals surface area contributed by atoms with Crippen LogP contribution in [0.2, 0.25) is 0 Å². The van der Waals surface area contributed by atoms with Crippen LogP contribution in [0.5, 0.6) is 0 Å². The highest BCUT2D eigenvalue weighted by Gasteiger charge is 2.40. The van der Waals surface area contributed by atoms with Crippen LogP contribution in [0.3, 0.4) is 0 Å². The second-order valence-electron chi connectivity index (χ2n) is 2.74. The summed E-state index contributed by atoms with van der Waals surface area (Å²) in [5.41, 5.74) is 1.19. The van der Waals surface area contributed by atoms with Gasteiger partial charge in [0.15, 0.2) is 0 Å². The smallest absolute Gasteiger partial charge is 0.0758 e. The third kappa shape index (κ3) is 2.84. The summed E-state index contributed by atoms with van der Waals surface area (Å²) in [4.78, 5) is 0. The molecule has 78 valence electrons. The Labute approximate surface area is 126 Å². The molecule has 0 aliphatic carbocycles. The van der Waals surface area contributed by atoms with Gasteiger partial charge in [-0.25, -0.2) is 0 Å². The zero-order valence-corrected chi connectivity index (χ0v) is 14.9. The average molecular weight is 515 g/mol. The average Bonchev–Trinajstić information content (AvgIpc) is 2.17. The van der Waals surface area contributed by atoms with Crippen molar-refractivity contribution in [2.24, 2.45) is 0 Å². The molecule has 0 aliphatic rings. The van der Waals surface area contributed by atoms with Crippen LogP contribution in [-0.2, 0) is 4.32 Å². The normalized spacial score (nSPS) is 12.5. The van der Waals surface area contributed by atoms with Crippen molar-refractivity contribution in [3.63, 3.8) is 0 Å². The van der Waals surface area contributed by atoms with Gasteiger partial charge in [-0.05, 0) is 5.56 Å². The molecule has 0 atom stereocenters. The van der Waals surface area contributed by atoms with E-state index in [4.69, 9.17) is 0 Å². The molecule has 0 saturated heterocycles. The van der Waals surface area contributed by atoms with Crippen molar-refractivity contribution >= 4 is 79.6 Å². The minimum Gasteiger partial charge on any atom is -0.0758 e. The van der Waals surface area contributed by atoms with E-state index < -0.39 is 0 Å². The second kappa shape index (κ2) is 5.80. The van der Waals surface area contributed by atoms with Crippen molar-refractivity contribution in [1.29, 1.82) is 0 Å². The van der Waals surface area contributed by atoms with E-state index in [-0.39, 0.29) is 11.8 Å². The molecule has 1 aromatic rings. The predicted molar refractivity (Wildman–Crippen MR) is 80.3 cm³/mol. The first kappa shape index (κ1) is 13.7. The SMILES string of the molecule is BrC(Br)C(Br)(c1ccccc1)C(Br)Br. The number of hydrogen-bond acceptors (Lipinski definition) is 0. The standard InChI is InChI=1S/C9H7Br5/c10-7(11)9(14,8(12)13)6-4-2-1-3-5-6/h1-5,7-8H. The van der Waals surface area contributed by atoms with Gasteiger partial charge >= 0.3 is 0 Å². The van der Waals surface area contributed by atoms with Gasteiger partial charge in [-0.15, -0.1) is 0 Å². The van der Waals surface area contributed by atoms with E-state index in [1.165, 1.54) is 5.56 Å². The summed E-state index contributed by atoms with van der Waals surface area (Å²) in [6.07, 6.45) is 0. The van der Waals surface area contributed by atoms with Gasteiger partial charge < -0.3 is 0 Å². The maximum Gasteiger partial charge on any atom is 0.0950 e. The van der Waals surface area contributed by atoms with Crippen LogP contribution in [0.15, 0.2) is 30.3 Å². The zero-order valence-electron chi connectivity index (χ0n) is 6.93. The van der Waals surface area contributed by atoms with Crippen molar-refractivity contribution in [2.45, 2.75) is 11.8 Å². The molecular weight excluding hydrogens is 508 g/mol. The molecule has 0 nitrogen and oxygen atoms in total. The summed E-state index contributed by atoms with van der Waals surface area (Å²) in [7, 11) is 0. The molecule has 14 heavy (non-hydrogen) atoms. The van der Waals surface area contributed by atoms with Gasteiger partial charge in [0.05, 0.1) is 11.8 Å². The molecule has 0 radical (unpaired) electrons. The topological polar surface area (TPSA) is 0 Å². The fourth-order valence-electron chi connectivity index (χ4n) is 1.04. The molecule has 0 bridgehead atoms. The van der Waals surface area contributed by atoms with Gasteiger partial charge in [0, 0.05) is 0 Å². The Hall–Kier alpha value is 1.62. The minimum atomic E-state index is -0.228. The molecule has 0 N–H and O–H groups in total. The minimum absolute atomic E-state index is 0.119. The van der Waals surface area contributed by atoms with Crippen molar-refractivity contribution in [3.05, 3.63) is 35.9 Å². The van der Waals surface area contributed by atoms with E-state index in [1.807, 2.05) is 18.2 Å². The molecule has 1 aromatic carbocycles. The summed E-state index contributed by atoms with van der Waals surface area (Å²) in [5.74, 6) is 0. The van der Waals surface area contributed by atoms with Gasteiger partial charge in [-0.1, -0.05) is 110 Å². The van der Waals surface area contributed by atoms with E-state index in [0.717, 1.165) is 0 Å². The number of hydrogen-bond donors (Lipinski definition) is 0. The monoisotopic (exact) mass is 510 g/mol. The summed E-state index contributed by atoms with van der Waals surface area (Å²) in [6.45, 7) is 0. The zero-order chi connectivity index (χ0) is 10.8. The van der Waals surface area contributed by atoms with Crippen LogP contribution >= 0.6 is 79.6 Å². The molecule has 0 aromatic heterocycles. The Morgan fingerprint density at radius 2 is 1.29 bits per heavy atom. The Bertz CT molecular complexity index is 275. The molecule has 5 heteroatoms. The molecule has 0 aliphatic heterocycles. The first-order valence-electron chi connectivity index (χ1n) is 3.80. The quantitative estimate of drug-likeness (QED) is 0.467. The molecule has 1 rings (SSSR count). The molecule has 0 spiro atoms. The van der Waals surface area contributed by atoms with Crippen molar-refractivity contribution < 1.29 is 0 Å². The maximum atomic E-state index is 3.73. The first-order chi connectivity index (χ1) is 6.49. The molecule has 0 fully saturated rings. The lowest BCUT2D eigenvalue weighted by Gasteiger charge is -2.31. The van der Waals surface area contributed by atoms with Gasteiger partial charge in [0.25, 0.3) is 0 Å². The lowest BCUT2D eigenvalue weighted by Crippen LogP contribution is -2.31. The lowest BCUT2D eigenvalue weighted by atomic mass is 10.0. The Morgan fingerprint density at radius 1 is 0.857 bits per heavy atom. The van der Waals surface area contributed by atoms with Crippen molar-refractivity contribution in [1.82, 2.24) is 0 Å². The third-order valence-corrected chi connectivity index (χ3v) is 8.57. The number of rotatable bonds is 3. The van der Waals surface area contributed by atoms with Gasteiger partial charge in [-0.2, -0.15) is 0 Å². The summed E-state index contributed by atoms with van der Waals surface area (Å²) in [5, 5.41) is 0. The maximum absolute atomic E-state index is 3.73. The molecular formula is C9H7Br5. The van der Waals surface area contributed by atoms with Gasteiger partial charge in [-0.3, -0.25) is 0 Å². The van der Waals surface area contributed by atoms with Crippen LogP contribution in [0, 0.1) is 0 Å². The second-order valence-corrected chi connectivity index (χ2v) is 10.2. The highest BCUT2D eigenvalue weighted by Crippen LogP contribution is 2.49. The van der Waals surface area contributed by atoms with Crippen LogP contribution < -0.4 is 0 Å². The number of benzene rings is 1. The van der Waals surface area contributed by atoms with Crippen molar-refractivity contribution in [3.8, 4) is 0 Å². The molecule has 0 unspecified atom stereocenters. The molecule has 0 heterocycles. The van der Waals surface area contributed by atoms with E-state index in [9.17, 15) is 0 Å².